The van der Waals surface area contributed by atoms with Gasteiger partial charge in [-0.1, -0.05) is 6.92 Å². The maximum absolute atomic E-state index is 12.6. The predicted molar refractivity (Wildman–Crippen MR) is 121 cm³/mol. The summed E-state index contributed by atoms with van der Waals surface area (Å²) in [4.78, 5) is 2.61. The standard InChI is InChI=1S/C26H41NO7/c1-6-27-11-23(12-29-2)8-7-17(31-4)25-15-9-14-16(30-3)10-24(18(15)19(14)32-5)26(22(25)27,34-13-33-24)21(28)20(23)25/h14-22,28H,6-13H2,1-5H3/t14-,15-,16+,17+,18-,19+,20-,21+,22?,23+,24-,25+,26-/m1/s1. The van der Waals surface area contributed by atoms with E-state index in [9.17, 15) is 5.11 Å². The average molecular weight is 480 g/mol. The molecule has 7 aliphatic rings. The van der Waals surface area contributed by atoms with Crippen LogP contribution in [0.5, 0.6) is 0 Å². The van der Waals surface area contributed by atoms with Crippen molar-refractivity contribution in [3.05, 3.63) is 0 Å². The Bertz CT molecular complexity index is 859. The average Bonchev–Trinajstić information content (AvgIpc) is 3.42. The number of aliphatic hydroxyl groups is 1. The number of aliphatic hydroxyl groups excluding tert-OH is 1. The van der Waals surface area contributed by atoms with Crippen molar-refractivity contribution in [2.24, 2.45) is 34.5 Å². The summed E-state index contributed by atoms with van der Waals surface area (Å²) in [6.45, 7) is 4.93. The molecule has 1 N–H and O–H groups in total. The van der Waals surface area contributed by atoms with Gasteiger partial charge in [-0.05, 0) is 31.7 Å². The van der Waals surface area contributed by atoms with Crippen molar-refractivity contribution in [1.82, 2.24) is 4.90 Å². The van der Waals surface area contributed by atoms with E-state index >= 15 is 0 Å². The number of rotatable bonds is 6. The first kappa shape index (κ1) is 22.8. The van der Waals surface area contributed by atoms with Gasteiger partial charge in [0.05, 0.1) is 37.1 Å². The number of likely N-dealkylation sites (tertiary alicyclic amines) is 1. The molecule has 0 aromatic carbocycles. The van der Waals surface area contributed by atoms with Gasteiger partial charge in [-0.2, -0.15) is 0 Å². The van der Waals surface area contributed by atoms with Crippen LogP contribution in [0.25, 0.3) is 0 Å². The van der Waals surface area contributed by atoms with Gasteiger partial charge in [0.2, 0.25) is 0 Å². The van der Waals surface area contributed by atoms with Crippen molar-refractivity contribution in [3.8, 4) is 0 Å². The highest BCUT2D eigenvalue weighted by atomic mass is 16.7. The van der Waals surface area contributed by atoms with E-state index in [0.29, 0.717) is 18.4 Å². The van der Waals surface area contributed by atoms with E-state index in [-0.39, 0.29) is 53.8 Å². The number of nitrogens with zero attached hydrogens (tertiary/aromatic N) is 1. The van der Waals surface area contributed by atoms with Gasteiger partial charge in [-0.15, -0.1) is 0 Å². The van der Waals surface area contributed by atoms with E-state index in [1.165, 1.54) is 0 Å². The summed E-state index contributed by atoms with van der Waals surface area (Å²) in [5.41, 5.74) is -1.83. The first-order valence-electron chi connectivity index (χ1n) is 13.2. The Hall–Kier alpha value is -0.320. The van der Waals surface area contributed by atoms with Crippen LogP contribution in [0.15, 0.2) is 0 Å². The molecule has 3 spiro atoms. The fourth-order valence-corrected chi connectivity index (χ4v) is 11.7. The lowest BCUT2D eigenvalue weighted by molar-refractivity contribution is -0.287. The minimum absolute atomic E-state index is 0.0240. The van der Waals surface area contributed by atoms with E-state index in [0.717, 1.165) is 38.8 Å². The Morgan fingerprint density at radius 1 is 1.09 bits per heavy atom. The summed E-state index contributed by atoms with van der Waals surface area (Å²) in [5, 5.41) is 12.6. The van der Waals surface area contributed by atoms with Crippen molar-refractivity contribution in [2.45, 2.75) is 74.3 Å². The molecule has 0 aromatic heterocycles. The van der Waals surface area contributed by atoms with Crippen LogP contribution in [0, 0.1) is 34.5 Å². The third kappa shape index (κ3) is 2.05. The second-order valence-electron chi connectivity index (χ2n) is 12.2. The zero-order chi connectivity index (χ0) is 23.7. The summed E-state index contributed by atoms with van der Waals surface area (Å²) < 4.78 is 38.3. The first-order valence-corrected chi connectivity index (χ1v) is 13.2. The smallest absolute Gasteiger partial charge is 0.148 e. The fraction of sp³-hybridized carbons (Fsp3) is 1.00. The molecule has 34 heavy (non-hydrogen) atoms. The lowest BCUT2D eigenvalue weighted by atomic mass is 9.42. The molecule has 2 heterocycles. The molecule has 7 fully saturated rings. The topological polar surface area (TPSA) is 78.9 Å². The van der Waals surface area contributed by atoms with Crippen LogP contribution in [-0.2, 0) is 28.4 Å². The highest BCUT2D eigenvalue weighted by molar-refractivity contribution is 5.42. The van der Waals surface area contributed by atoms with Crippen molar-refractivity contribution >= 4 is 0 Å². The summed E-state index contributed by atoms with van der Waals surface area (Å²) >= 11 is 0. The van der Waals surface area contributed by atoms with Crippen LogP contribution in [0.4, 0.5) is 0 Å². The number of hydrogen-bond donors (Lipinski definition) is 1. The number of fused-ring (bicyclic) bond motifs is 1. The van der Waals surface area contributed by atoms with E-state index in [1.807, 2.05) is 21.3 Å². The normalized spacial score (nSPS) is 61.1. The quantitative estimate of drug-likeness (QED) is 0.611. The second-order valence-corrected chi connectivity index (χ2v) is 12.2. The van der Waals surface area contributed by atoms with Crippen LogP contribution in [0.2, 0.25) is 0 Å². The molecule has 7 bridgehead atoms. The molecule has 0 amide bonds. The largest absolute Gasteiger partial charge is 0.390 e. The zero-order valence-corrected chi connectivity index (χ0v) is 21.2. The van der Waals surface area contributed by atoms with E-state index in [4.69, 9.17) is 28.4 Å². The SMILES string of the molecule is CCN1C[C@]2(COC)CC[C@H](OC)[C@@]34C1[C@]1(OCO[C@@]15C[C@H](OC)[C@H]1C[C@@H]3[C@@H]5[C@H]1OC)[C@@H](O)[C@H]24. The van der Waals surface area contributed by atoms with E-state index < -0.39 is 17.3 Å². The summed E-state index contributed by atoms with van der Waals surface area (Å²) in [5.74, 6) is 0.813. The van der Waals surface area contributed by atoms with E-state index in [2.05, 4.69) is 11.8 Å². The van der Waals surface area contributed by atoms with Gasteiger partial charge in [0, 0.05) is 70.0 Å². The van der Waals surface area contributed by atoms with Crippen LogP contribution in [-0.4, -0.2) is 107 Å². The summed E-state index contributed by atoms with van der Waals surface area (Å²) in [7, 11) is 7.32. The molecule has 1 unspecified atom stereocenters. The summed E-state index contributed by atoms with van der Waals surface area (Å²) in [6.07, 6.45) is 3.20. The first-order chi connectivity index (χ1) is 16.5. The van der Waals surface area contributed by atoms with Crippen molar-refractivity contribution < 1.29 is 33.5 Å². The molecule has 5 saturated carbocycles. The third-order valence-corrected chi connectivity index (χ3v) is 12.0. The second kappa shape index (κ2) is 7.16. The van der Waals surface area contributed by atoms with Gasteiger partial charge in [-0.3, -0.25) is 4.90 Å². The van der Waals surface area contributed by atoms with Gasteiger partial charge < -0.3 is 33.5 Å². The maximum atomic E-state index is 12.6. The fourth-order valence-electron chi connectivity index (χ4n) is 11.7. The molecular weight excluding hydrogens is 438 g/mol. The number of piperidine rings is 1. The molecule has 8 nitrogen and oxygen atoms in total. The van der Waals surface area contributed by atoms with Gasteiger partial charge in [-0.25, -0.2) is 0 Å². The Labute approximate surface area is 202 Å². The van der Waals surface area contributed by atoms with Crippen LogP contribution in [0.1, 0.15) is 32.6 Å². The number of likely N-dealkylation sites (N-methyl/N-ethyl adjacent to an activating group) is 1. The molecule has 2 saturated heterocycles. The van der Waals surface area contributed by atoms with Crippen LogP contribution < -0.4 is 0 Å². The molecule has 0 aromatic rings. The van der Waals surface area contributed by atoms with Crippen LogP contribution >= 0.6 is 0 Å². The number of ether oxygens (including phenoxy) is 6. The molecule has 192 valence electrons. The molecule has 0 radical (unpaired) electrons. The number of methoxy groups -OCH3 is 4. The highest BCUT2D eigenvalue weighted by Crippen LogP contribution is 2.82. The molecule has 7 rings (SSSR count). The van der Waals surface area contributed by atoms with E-state index in [1.54, 1.807) is 7.11 Å². The van der Waals surface area contributed by atoms with Crippen molar-refractivity contribution in [3.63, 3.8) is 0 Å². The zero-order valence-electron chi connectivity index (χ0n) is 21.2. The Kier molecular flexibility index (Phi) is 4.81. The maximum Gasteiger partial charge on any atom is 0.148 e. The minimum atomic E-state index is -0.825. The molecular formula is C26H41NO7. The lowest BCUT2D eigenvalue weighted by Gasteiger charge is -2.70. The Balaban J connectivity index is 1.55. The molecule has 8 heteroatoms. The van der Waals surface area contributed by atoms with Gasteiger partial charge in [0.1, 0.15) is 18.0 Å². The third-order valence-electron chi connectivity index (χ3n) is 12.0. The van der Waals surface area contributed by atoms with Crippen molar-refractivity contribution in [1.29, 1.82) is 0 Å². The van der Waals surface area contributed by atoms with Gasteiger partial charge in [0.25, 0.3) is 0 Å². The highest BCUT2D eigenvalue weighted by Gasteiger charge is 2.93. The molecule has 5 aliphatic carbocycles. The Morgan fingerprint density at radius 2 is 1.91 bits per heavy atom. The van der Waals surface area contributed by atoms with Gasteiger partial charge >= 0.3 is 0 Å². The van der Waals surface area contributed by atoms with Crippen molar-refractivity contribution in [2.75, 3.05) is 54.9 Å². The monoisotopic (exact) mass is 479 g/mol. The molecule has 13 atom stereocenters. The molecule has 2 aliphatic heterocycles. The van der Waals surface area contributed by atoms with Gasteiger partial charge in [0.15, 0.2) is 0 Å². The minimum Gasteiger partial charge on any atom is -0.390 e. The number of hydrogen-bond acceptors (Lipinski definition) is 8. The predicted octanol–water partition coefficient (Wildman–Crippen LogP) is 1.29. The Morgan fingerprint density at radius 3 is 2.59 bits per heavy atom. The lowest BCUT2D eigenvalue weighted by Crippen LogP contribution is -2.81. The summed E-state index contributed by atoms with van der Waals surface area (Å²) in [6, 6.07) is 0.0378. The van der Waals surface area contributed by atoms with Crippen LogP contribution in [0.3, 0.4) is 0 Å².